The second kappa shape index (κ2) is 9.47. The van der Waals surface area contributed by atoms with E-state index >= 15 is 0 Å². The summed E-state index contributed by atoms with van der Waals surface area (Å²) in [5.74, 6) is -2.35. The van der Waals surface area contributed by atoms with E-state index < -0.39 is 35.7 Å². The first-order valence-corrected chi connectivity index (χ1v) is 9.97. The Morgan fingerprint density at radius 3 is 2.42 bits per heavy atom. The molecule has 1 fully saturated rings. The molecule has 1 aromatic rings. The molecule has 2 rings (SSSR count). The fourth-order valence-corrected chi connectivity index (χ4v) is 3.10. The number of esters is 2. The number of amides is 2. The van der Waals surface area contributed by atoms with Gasteiger partial charge in [-0.2, -0.15) is 0 Å². The van der Waals surface area contributed by atoms with Crippen LogP contribution in [0.25, 0.3) is 0 Å². The van der Waals surface area contributed by atoms with Crippen molar-refractivity contribution in [2.75, 3.05) is 32.1 Å². The molecule has 2 atom stereocenters. The second-order valence-electron chi connectivity index (χ2n) is 8.54. The van der Waals surface area contributed by atoms with Gasteiger partial charge in [-0.1, -0.05) is 6.07 Å². The van der Waals surface area contributed by atoms with Crippen molar-refractivity contribution >= 4 is 29.4 Å². The molecule has 0 aromatic heterocycles. The summed E-state index contributed by atoms with van der Waals surface area (Å²) in [7, 11) is 3.30. The molecule has 9 heteroatoms. The average Bonchev–Trinajstić information content (AvgIpc) is 2.65. The SMILES string of the molecule is CC(=O)O[C@@H](C(=O)OC(C)(C)C)[C@H]1OCCN(c2ccc(C)c(C(=O)N(C)C)c2)C1=O. The Morgan fingerprint density at radius 2 is 1.87 bits per heavy atom. The third kappa shape index (κ3) is 6.04. The van der Waals surface area contributed by atoms with Crippen LogP contribution in [0, 0.1) is 6.92 Å². The van der Waals surface area contributed by atoms with Crippen molar-refractivity contribution in [1.29, 1.82) is 0 Å². The van der Waals surface area contributed by atoms with Crippen molar-refractivity contribution in [2.24, 2.45) is 0 Å². The fraction of sp³-hybridized carbons (Fsp3) is 0.545. The summed E-state index contributed by atoms with van der Waals surface area (Å²) >= 11 is 0. The number of carbonyl (C=O) groups excluding carboxylic acids is 4. The molecule has 1 aliphatic rings. The standard InChI is InChI=1S/C22H30N2O7/c1-13-8-9-15(12-16(13)19(26)23(6)7)24-10-11-29-17(20(24)27)18(30-14(2)25)21(28)31-22(3,4)5/h8-9,12,17-18H,10-11H2,1-7H3/t17-,18-/m1/s1. The van der Waals surface area contributed by atoms with Gasteiger partial charge >= 0.3 is 11.9 Å². The van der Waals surface area contributed by atoms with Crippen molar-refractivity contribution in [3.8, 4) is 0 Å². The zero-order chi connectivity index (χ0) is 23.5. The highest BCUT2D eigenvalue weighted by atomic mass is 16.6. The van der Waals surface area contributed by atoms with Gasteiger partial charge in [-0.05, 0) is 45.4 Å². The van der Waals surface area contributed by atoms with Gasteiger partial charge in [0.25, 0.3) is 11.8 Å². The molecular formula is C22H30N2O7. The normalized spacial score (nSPS) is 17.7. The Balaban J connectivity index is 2.36. The number of anilines is 1. The summed E-state index contributed by atoms with van der Waals surface area (Å²) in [5.41, 5.74) is 0.874. The van der Waals surface area contributed by atoms with Crippen LogP contribution in [0.3, 0.4) is 0 Å². The van der Waals surface area contributed by atoms with Crippen LogP contribution >= 0.6 is 0 Å². The topological polar surface area (TPSA) is 102 Å². The molecule has 0 unspecified atom stereocenters. The van der Waals surface area contributed by atoms with Gasteiger partial charge in [0, 0.05) is 38.8 Å². The molecule has 0 bridgehead atoms. The van der Waals surface area contributed by atoms with Gasteiger partial charge in [0.15, 0.2) is 6.10 Å². The number of rotatable bonds is 5. The van der Waals surface area contributed by atoms with Gasteiger partial charge in [0.05, 0.1) is 6.61 Å². The Labute approximate surface area is 182 Å². The molecule has 0 N–H and O–H groups in total. The molecule has 170 valence electrons. The molecule has 1 aliphatic heterocycles. The van der Waals surface area contributed by atoms with E-state index in [1.165, 1.54) is 9.80 Å². The van der Waals surface area contributed by atoms with Crippen molar-refractivity contribution in [1.82, 2.24) is 4.90 Å². The number of nitrogens with zero attached hydrogens (tertiary/aromatic N) is 2. The molecule has 31 heavy (non-hydrogen) atoms. The lowest BCUT2D eigenvalue weighted by atomic mass is 10.0. The Hall–Kier alpha value is -2.94. The minimum absolute atomic E-state index is 0.113. The molecule has 0 radical (unpaired) electrons. The zero-order valence-electron chi connectivity index (χ0n) is 19.1. The number of aryl methyl sites for hydroxylation is 1. The van der Waals surface area contributed by atoms with E-state index in [4.69, 9.17) is 14.2 Å². The maximum atomic E-state index is 13.2. The zero-order valence-corrected chi connectivity index (χ0v) is 19.1. The van der Waals surface area contributed by atoms with Gasteiger partial charge in [0.1, 0.15) is 5.60 Å². The highest BCUT2D eigenvalue weighted by Crippen LogP contribution is 2.25. The molecule has 2 amide bonds. The first-order valence-electron chi connectivity index (χ1n) is 9.97. The maximum Gasteiger partial charge on any atom is 0.351 e. The summed E-state index contributed by atoms with van der Waals surface area (Å²) in [4.78, 5) is 52.8. The Kier molecular flexibility index (Phi) is 7.43. The molecule has 0 spiro atoms. The van der Waals surface area contributed by atoms with Crippen molar-refractivity contribution < 1.29 is 33.4 Å². The number of hydrogen-bond donors (Lipinski definition) is 0. The molecule has 1 heterocycles. The third-order valence-electron chi connectivity index (χ3n) is 4.50. The van der Waals surface area contributed by atoms with Crippen molar-refractivity contribution in [2.45, 2.75) is 52.4 Å². The number of benzene rings is 1. The van der Waals surface area contributed by atoms with Crippen LogP contribution in [0.5, 0.6) is 0 Å². The van der Waals surface area contributed by atoms with E-state index in [0.717, 1.165) is 12.5 Å². The Morgan fingerprint density at radius 1 is 1.23 bits per heavy atom. The summed E-state index contributed by atoms with van der Waals surface area (Å²) in [6.07, 6.45) is -2.90. The van der Waals surface area contributed by atoms with Crippen molar-refractivity contribution in [3.05, 3.63) is 29.3 Å². The largest absolute Gasteiger partial charge is 0.457 e. The highest BCUT2D eigenvalue weighted by Gasteiger charge is 2.44. The monoisotopic (exact) mass is 434 g/mol. The first-order chi connectivity index (χ1) is 14.3. The van der Waals surface area contributed by atoms with Gasteiger partial charge < -0.3 is 24.0 Å². The minimum atomic E-state index is -1.54. The van der Waals surface area contributed by atoms with Crippen LogP contribution in [0.4, 0.5) is 5.69 Å². The summed E-state index contributed by atoms with van der Waals surface area (Å²) in [6, 6.07) is 5.10. The lowest BCUT2D eigenvalue weighted by Gasteiger charge is -2.35. The lowest BCUT2D eigenvalue weighted by molar-refractivity contribution is -0.188. The van der Waals surface area contributed by atoms with E-state index in [9.17, 15) is 19.2 Å². The molecule has 9 nitrogen and oxygen atoms in total. The molecular weight excluding hydrogens is 404 g/mol. The molecule has 0 aliphatic carbocycles. The summed E-state index contributed by atoms with van der Waals surface area (Å²) in [5, 5.41) is 0. The average molecular weight is 434 g/mol. The van der Waals surface area contributed by atoms with E-state index in [1.54, 1.807) is 53.1 Å². The lowest BCUT2D eigenvalue weighted by Crippen LogP contribution is -2.56. The second-order valence-corrected chi connectivity index (χ2v) is 8.54. The number of hydrogen-bond acceptors (Lipinski definition) is 7. The number of morpholine rings is 1. The van der Waals surface area contributed by atoms with Crippen LogP contribution in [-0.2, 0) is 28.6 Å². The number of carbonyl (C=O) groups is 4. The third-order valence-corrected chi connectivity index (χ3v) is 4.50. The molecule has 1 saturated heterocycles. The summed E-state index contributed by atoms with van der Waals surface area (Å²) in [6.45, 7) is 8.28. The minimum Gasteiger partial charge on any atom is -0.457 e. The van der Waals surface area contributed by atoms with Crippen LogP contribution in [-0.4, -0.2) is 73.7 Å². The quantitative estimate of drug-likeness (QED) is 0.650. The van der Waals surface area contributed by atoms with E-state index in [-0.39, 0.29) is 19.1 Å². The van der Waals surface area contributed by atoms with Crippen molar-refractivity contribution in [3.63, 3.8) is 0 Å². The molecule has 1 aromatic carbocycles. The van der Waals surface area contributed by atoms with Gasteiger partial charge in [-0.15, -0.1) is 0 Å². The van der Waals surface area contributed by atoms with Crippen LogP contribution < -0.4 is 4.90 Å². The first kappa shape index (κ1) is 24.3. The molecule has 0 saturated carbocycles. The van der Waals surface area contributed by atoms with Gasteiger partial charge in [-0.3, -0.25) is 14.4 Å². The predicted molar refractivity (Wildman–Crippen MR) is 113 cm³/mol. The van der Waals surface area contributed by atoms with E-state index in [0.29, 0.717) is 11.3 Å². The maximum absolute atomic E-state index is 13.2. The fourth-order valence-electron chi connectivity index (χ4n) is 3.10. The van der Waals surface area contributed by atoms with Gasteiger partial charge in [-0.25, -0.2) is 4.79 Å². The van der Waals surface area contributed by atoms with Crippen LogP contribution in [0.1, 0.15) is 43.6 Å². The number of ether oxygens (including phenoxy) is 3. The van der Waals surface area contributed by atoms with Gasteiger partial charge in [0.2, 0.25) is 6.10 Å². The smallest absolute Gasteiger partial charge is 0.351 e. The Bertz CT molecular complexity index is 873. The van der Waals surface area contributed by atoms with E-state index in [2.05, 4.69) is 0 Å². The van der Waals surface area contributed by atoms with E-state index in [1.807, 2.05) is 6.92 Å². The van der Waals surface area contributed by atoms with Crippen LogP contribution in [0.15, 0.2) is 18.2 Å². The predicted octanol–water partition coefficient (Wildman–Crippen LogP) is 1.70. The highest BCUT2D eigenvalue weighted by molar-refractivity contribution is 6.02. The summed E-state index contributed by atoms with van der Waals surface area (Å²) < 4.78 is 16.0. The van der Waals surface area contributed by atoms with Crippen LogP contribution in [0.2, 0.25) is 0 Å².